The molecule has 18 heavy (non-hydrogen) atoms. The van der Waals surface area contributed by atoms with Crippen LogP contribution in [0.25, 0.3) is 0 Å². The van der Waals surface area contributed by atoms with E-state index in [0.717, 1.165) is 11.3 Å². The summed E-state index contributed by atoms with van der Waals surface area (Å²) in [5.74, 6) is 0.926. The number of benzene rings is 2. The molecular formula is C15H15BrMgO. The molecule has 0 bridgehead atoms. The van der Waals surface area contributed by atoms with Crippen LogP contribution < -0.4 is 21.7 Å². The molecule has 90 valence electrons. The molecule has 2 rings (SSSR count). The Balaban J connectivity index is 0.00000144. The summed E-state index contributed by atoms with van der Waals surface area (Å²) in [6.45, 7) is 4.73. The first-order chi connectivity index (χ1) is 7.74. The average molecular weight is 315 g/mol. The SMILES string of the molecule is Cc1cc(C)cc(OCc2[c-]cccc2)c1.[Br-].[Mg+2]. The molecule has 0 saturated heterocycles. The molecule has 0 heterocycles. The van der Waals surface area contributed by atoms with E-state index < -0.39 is 0 Å². The van der Waals surface area contributed by atoms with E-state index in [9.17, 15) is 0 Å². The van der Waals surface area contributed by atoms with Crippen molar-refractivity contribution >= 4 is 23.1 Å². The molecular weight excluding hydrogens is 300 g/mol. The van der Waals surface area contributed by atoms with Crippen LogP contribution >= 0.6 is 0 Å². The summed E-state index contributed by atoms with van der Waals surface area (Å²) in [7, 11) is 0. The van der Waals surface area contributed by atoms with E-state index in [1.54, 1.807) is 0 Å². The van der Waals surface area contributed by atoms with Crippen LogP contribution in [0.5, 0.6) is 5.75 Å². The maximum absolute atomic E-state index is 5.72. The van der Waals surface area contributed by atoms with Crippen LogP contribution in [0.3, 0.4) is 0 Å². The maximum Gasteiger partial charge on any atom is 2.00 e. The Bertz CT molecular complexity index is 451. The van der Waals surface area contributed by atoms with E-state index in [2.05, 4.69) is 38.1 Å². The second-order valence-electron chi connectivity index (χ2n) is 4.00. The Kier molecular flexibility index (Phi) is 8.32. The number of ether oxygens (including phenoxy) is 1. The first-order valence-electron chi connectivity index (χ1n) is 5.41. The number of aryl methyl sites for hydroxylation is 2. The van der Waals surface area contributed by atoms with Gasteiger partial charge in [-0.15, -0.1) is 5.56 Å². The van der Waals surface area contributed by atoms with Crippen molar-refractivity contribution < 1.29 is 21.7 Å². The summed E-state index contributed by atoms with van der Waals surface area (Å²) < 4.78 is 5.72. The summed E-state index contributed by atoms with van der Waals surface area (Å²) in [6.07, 6.45) is 0. The maximum atomic E-state index is 5.72. The van der Waals surface area contributed by atoms with Gasteiger partial charge in [-0.1, -0.05) is 6.07 Å². The van der Waals surface area contributed by atoms with Gasteiger partial charge in [0.1, 0.15) is 5.75 Å². The third kappa shape index (κ3) is 5.42. The normalized spacial score (nSPS) is 9.00. The minimum atomic E-state index is 0. The van der Waals surface area contributed by atoms with Gasteiger partial charge in [-0.05, 0) is 37.1 Å². The van der Waals surface area contributed by atoms with Gasteiger partial charge < -0.3 is 21.7 Å². The Morgan fingerprint density at radius 1 is 1.06 bits per heavy atom. The molecule has 0 radical (unpaired) electrons. The minimum Gasteiger partial charge on any atom is -1.00 e. The first kappa shape index (κ1) is 17.5. The molecule has 2 aromatic carbocycles. The van der Waals surface area contributed by atoms with Crippen LogP contribution in [-0.2, 0) is 6.61 Å². The first-order valence-corrected chi connectivity index (χ1v) is 5.41. The molecule has 0 unspecified atom stereocenters. The van der Waals surface area contributed by atoms with E-state index in [-0.39, 0.29) is 40.0 Å². The topological polar surface area (TPSA) is 9.23 Å². The van der Waals surface area contributed by atoms with E-state index in [4.69, 9.17) is 4.74 Å². The van der Waals surface area contributed by atoms with Gasteiger partial charge >= 0.3 is 23.1 Å². The van der Waals surface area contributed by atoms with Crippen molar-refractivity contribution in [1.82, 2.24) is 0 Å². The molecule has 3 heteroatoms. The van der Waals surface area contributed by atoms with Crippen LogP contribution in [0.4, 0.5) is 0 Å². The predicted molar refractivity (Wildman–Crippen MR) is 71.3 cm³/mol. The van der Waals surface area contributed by atoms with Crippen LogP contribution in [0, 0.1) is 19.9 Å². The molecule has 0 amide bonds. The zero-order chi connectivity index (χ0) is 11.4. The van der Waals surface area contributed by atoms with Gasteiger partial charge in [0.25, 0.3) is 0 Å². The second-order valence-corrected chi connectivity index (χ2v) is 4.00. The molecule has 1 nitrogen and oxygen atoms in total. The second kappa shape index (κ2) is 8.56. The van der Waals surface area contributed by atoms with E-state index in [0.29, 0.717) is 6.61 Å². The number of halogens is 1. The summed E-state index contributed by atoms with van der Waals surface area (Å²) in [5, 5.41) is 0. The quantitative estimate of drug-likeness (QED) is 0.585. The monoisotopic (exact) mass is 314 g/mol. The van der Waals surface area contributed by atoms with Crippen LogP contribution in [-0.4, -0.2) is 23.1 Å². The third-order valence-electron chi connectivity index (χ3n) is 2.36. The van der Waals surface area contributed by atoms with Crippen molar-refractivity contribution in [2.24, 2.45) is 0 Å². The van der Waals surface area contributed by atoms with Crippen LogP contribution in [0.15, 0.2) is 42.5 Å². The van der Waals surface area contributed by atoms with Crippen molar-refractivity contribution in [3.63, 3.8) is 0 Å². The number of rotatable bonds is 3. The minimum absolute atomic E-state index is 0. The Morgan fingerprint density at radius 2 is 1.72 bits per heavy atom. The zero-order valence-corrected chi connectivity index (χ0v) is 13.7. The molecule has 0 aliphatic rings. The molecule has 0 aromatic heterocycles. The van der Waals surface area contributed by atoms with Crippen LogP contribution in [0.2, 0.25) is 0 Å². The van der Waals surface area contributed by atoms with Gasteiger partial charge in [-0.25, -0.2) is 0 Å². The van der Waals surface area contributed by atoms with Gasteiger partial charge in [-0.3, -0.25) is 0 Å². The Labute approximate surface area is 135 Å². The van der Waals surface area contributed by atoms with Gasteiger partial charge in [0.2, 0.25) is 0 Å². The number of hydrogen-bond acceptors (Lipinski definition) is 1. The Morgan fingerprint density at radius 3 is 2.28 bits per heavy atom. The predicted octanol–water partition coefficient (Wildman–Crippen LogP) is 0.306. The van der Waals surface area contributed by atoms with E-state index in [1.807, 2.05) is 24.3 Å². The molecule has 0 atom stereocenters. The molecule has 0 aliphatic carbocycles. The standard InChI is InChI=1S/C15H15O.BrH.Mg/c1-12-8-13(2)10-15(9-12)16-11-14-6-4-3-5-7-14;;/h3-6,8-10H,11H2,1-2H3;1H;/q-1;;+2/p-1. The van der Waals surface area contributed by atoms with Crippen molar-refractivity contribution in [2.75, 3.05) is 0 Å². The van der Waals surface area contributed by atoms with Crippen molar-refractivity contribution in [3.05, 3.63) is 65.2 Å². The molecule has 0 aliphatic heterocycles. The summed E-state index contributed by atoms with van der Waals surface area (Å²) >= 11 is 0. The third-order valence-corrected chi connectivity index (χ3v) is 2.36. The summed E-state index contributed by atoms with van der Waals surface area (Å²) in [5.41, 5.74) is 3.53. The van der Waals surface area contributed by atoms with Crippen molar-refractivity contribution in [3.8, 4) is 5.75 Å². The summed E-state index contributed by atoms with van der Waals surface area (Å²) in [4.78, 5) is 0. The molecule has 0 N–H and O–H groups in total. The summed E-state index contributed by atoms with van der Waals surface area (Å²) in [6, 6.07) is 17.3. The molecule has 2 aromatic rings. The van der Waals surface area contributed by atoms with Gasteiger partial charge in [-0.2, -0.15) is 30.3 Å². The zero-order valence-electron chi connectivity index (χ0n) is 10.7. The van der Waals surface area contributed by atoms with Crippen molar-refractivity contribution in [1.29, 1.82) is 0 Å². The van der Waals surface area contributed by atoms with E-state index >= 15 is 0 Å². The number of hydrogen-bond donors (Lipinski definition) is 0. The smallest absolute Gasteiger partial charge is 1.00 e. The van der Waals surface area contributed by atoms with Crippen LogP contribution in [0.1, 0.15) is 16.7 Å². The fourth-order valence-electron chi connectivity index (χ4n) is 1.70. The molecule has 0 fully saturated rings. The molecule has 0 saturated carbocycles. The van der Waals surface area contributed by atoms with Gasteiger partial charge in [0.15, 0.2) is 0 Å². The fraction of sp³-hybridized carbons (Fsp3) is 0.200. The Hall–Kier alpha value is -0.514. The van der Waals surface area contributed by atoms with E-state index in [1.165, 1.54) is 11.1 Å². The molecule has 0 spiro atoms. The van der Waals surface area contributed by atoms with Gasteiger partial charge in [0, 0.05) is 0 Å². The fourth-order valence-corrected chi connectivity index (χ4v) is 1.70. The van der Waals surface area contributed by atoms with Crippen molar-refractivity contribution in [2.45, 2.75) is 20.5 Å². The average Bonchev–Trinajstić information content (AvgIpc) is 2.27. The van der Waals surface area contributed by atoms with Gasteiger partial charge in [0.05, 0.1) is 6.61 Å². The largest absolute Gasteiger partial charge is 2.00 e.